The summed E-state index contributed by atoms with van der Waals surface area (Å²) < 4.78 is 11.0. The molecule has 2 aliphatic heterocycles. The van der Waals surface area contributed by atoms with E-state index in [9.17, 15) is 4.79 Å². The molecule has 5 rings (SSSR count). The van der Waals surface area contributed by atoms with E-state index < -0.39 is 0 Å². The number of aryl methyl sites for hydroxylation is 1. The van der Waals surface area contributed by atoms with Crippen molar-refractivity contribution in [2.75, 3.05) is 13.1 Å². The minimum atomic E-state index is -0.270. The third-order valence-corrected chi connectivity index (χ3v) is 6.17. The number of piperazine rings is 1. The summed E-state index contributed by atoms with van der Waals surface area (Å²) in [6.45, 7) is 5.91. The number of esters is 1. The van der Waals surface area contributed by atoms with Gasteiger partial charge in [-0.3, -0.25) is 10.2 Å². The second kappa shape index (κ2) is 8.37. The quantitative estimate of drug-likeness (QED) is 0.570. The molecule has 10 nitrogen and oxygen atoms in total. The first-order valence-corrected chi connectivity index (χ1v) is 10.7. The summed E-state index contributed by atoms with van der Waals surface area (Å²) in [6.07, 6.45) is 1.27. The van der Waals surface area contributed by atoms with Gasteiger partial charge in [-0.15, -0.1) is 10.2 Å². The Bertz CT molecular complexity index is 1280. The molecule has 2 atom stereocenters. The second-order valence-electron chi connectivity index (χ2n) is 8.40. The number of nitrogens with one attached hydrogen (secondary N) is 1. The Morgan fingerprint density at radius 2 is 2.15 bits per heavy atom. The average Bonchev–Trinajstić information content (AvgIpc) is 3.41. The minimum Gasteiger partial charge on any atom is -0.457 e. The van der Waals surface area contributed by atoms with Crippen molar-refractivity contribution >= 4 is 5.97 Å². The van der Waals surface area contributed by atoms with Crippen molar-refractivity contribution in [3.63, 3.8) is 0 Å². The van der Waals surface area contributed by atoms with E-state index >= 15 is 0 Å². The van der Waals surface area contributed by atoms with Gasteiger partial charge in [-0.2, -0.15) is 5.26 Å². The number of benzene rings is 1. The molecule has 10 heteroatoms. The predicted octanol–water partition coefficient (Wildman–Crippen LogP) is 1.72. The zero-order valence-corrected chi connectivity index (χ0v) is 18.3. The number of ether oxygens (including phenoxy) is 1. The molecule has 3 aromatic rings. The van der Waals surface area contributed by atoms with Gasteiger partial charge in [-0.05, 0) is 42.7 Å². The average molecular weight is 445 g/mol. The molecule has 0 amide bonds. The van der Waals surface area contributed by atoms with Gasteiger partial charge in [0.1, 0.15) is 18.4 Å². The monoisotopic (exact) mass is 445 g/mol. The molecule has 1 aromatic carbocycles. The fourth-order valence-electron chi connectivity index (χ4n) is 4.44. The van der Waals surface area contributed by atoms with Gasteiger partial charge in [0, 0.05) is 30.9 Å². The maximum atomic E-state index is 11.9. The van der Waals surface area contributed by atoms with Crippen molar-refractivity contribution in [1.82, 2.24) is 25.4 Å². The number of nitriles is 1. The van der Waals surface area contributed by atoms with Crippen LogP contribution < -0.4 is 11.1 Å². The van der Waals surface area contributed by atoms with Crippen LogP contribution in [0.4, 0.5) is 0 Å². The molecule has 168 valence electrons. The van der Waals surface area contributed by atoms with Gasteiger partial charge in [0.25, 0.3) is 5.89 Å². The van der Waals surface area contributed by atoms with Gasteiger partial charge in [0.05, 0.1) is 23.8 Å². The lowest BCUT2D eigenvalue weighted by Crippen LogP contribution is -2.56. The zero-order chi connectivity index (χ0) is 23.1. The van der Waals surface area contributed by atoms with Crippen LogP contribution in [0.25, 0.3) is 11.6 Å². The number of fused-ring (bicyclic) bond motifs is 1. The number of aromatic nitrogens is 3. The van der Waals surface area contributed by atoms with E-state index in [0.717, 1.165) is 22.3 Å². The predicted molar refractivity (Wildman–Crippen MR) is 116 cm³/mol. The van der Waals surface area contributed by atoms with Gasteiger partial charge in [-0.1, -0.05) is 6.07 Å². The van der Waals surface area contributed by atoms with Gasteiger partial charge in [-0.25, -0.2) is 9.78 Å². The van der Waals surface area contributed by atoms with Gasteiger partial charge >= 0.3 is 5.97 Å². The molecule has 33 heavy (non-hydrogen) atoms. The molecule has 3 N–H and O–H groups in total. The smallest absolute Gasteiger partial charge is 0.338 e. The summed E-state index contributed by atoms with van der Waals surface area (Å²) in [6, 6.07) is 7.65. The Kier molecular flexibility index (Phi) is 5.38. The third kappa shape index (κ3) is 3.98. The largest absolute Gasteiger partial charge is 0.457 e. The van der Waals surface area contributed by atoms with E-state index in [1.165, 1.54) is 6.20 Å². The molecule has 0 spiro atoms. The first-order valence-electron chi connectivity index (χ1n) is 10.7. The number of nitrogens with two attached hydrogens (primary N) is 1. The number of hydrogen-bond donors (Lipinski definition) is 2. The normalized spacial score (nSPS) is 20.4. The summed E-state index contributed by atoms with van der Waals surface area (Å²) in [7, 11) is 0. The van der Waals surface area contributed by atoms with E-state index in [-0.39, 0.29) is 18.2 Å². The highest BCUT2D eigenvalue weighted by atomic mass is 16.5. The highest BCUT2D eigenvalue weighted by molar-refractivity contribution is 5.94. The number of rotatable bonds is 4. The van der Waals surface area contributed by atoms with Crippen LogP contribution in [0.3, 0.4) is 0 Å². The number of carbonyl (C=O) groups excluding carboxylic acids is 1. The lowest BCUT2D eigenvalue weighted by Gasteiger charge is -2.37. The SMILES string of the molecule is Cc1cc(-c2nnc(CN3C[C@@H](c4ccc5c(c4C)COC5=O)N[C@@H](N)C3)o2)ncc1C#N. The highest BCUT2D eigenvalue weighted by Crippen LogP contribution is 2.31. The summed E-state index contributed by atoms with van der Waals surface area (Å²) >= 11 is 0. The molecule has 2 aromatic heterocycles. The highest BCUT2D eigenvalue weighted by Gasteiger charge is 2.31. The Morgan fingerprint density at radius 1 is 1.30 bits per heavy atom. The van der Waals surface area contributed by atoms with Crippen molar-refractivity contribution in [2.45, 2.75) is 39.2 Å². The molecule has 0 radical (unpaired) electrons. The summed E-state index contributed by atoms with van der Waals surface area (Å²) in [5.41, 5.74) is 11.9. The summed E-state index contributed by atoms with van der Waals surface area (Å²) in [5.74, 6) is 0.507. The van der Waals surface area contributed by atoms with Crippen LogP contribution in [0.5, 0.6) is 0 Å². The van der Waals surface area contributed by atoms with Crippen molar-refractivity contribution in [1.29, 1.82) is 5.26 Å². The minimum absolute atomic E-state index is 0.0139. The van der Waals surface area contributed by atoms with Crippen LogP contribution in [-0.4, -0.2) is 45.3 Å². The molecule has 1 fully saturated rings. The number of hydrogen-bond acceptors (Lipinski definition) is 10. The molecule has 0 bridgehead atoms. The molecular weight excluding hydrogens is 422 g/mol. The summed E-state index contributed by atoms with van der Waals surface area (Å²) in [4.78, 5) is 18.3. The Balaban J connectivity index is 1.33. The number of cyclic esters (lactones) is 1. The fraction of sp³-hybridized carbons (Fsp3) is 0.348. The molecule has 0 aliphatic carbocycles. The lowest BCUT2D eigenvalue weighted by atomic mass is 9.93. The molecule has 0 saturated carbocycles. The van der Waals surface area contributed by atoms with Crippen molar-refractivity contribution in [3.05, 3.63) is 63.7 Å². The molecule has 2 aliphatic rings. The van der Waals surface area contributed by atoms with Crippen molar-refractivity contribution in [2.24, 2.45) is 5.73 Å². The number of carbonyl (C=O) groups is 1. The maximum Gasteiger partial charge on any atom is 0.338 e. The van der Waals surface area contributed by atoms with Crippen LogP contribution in [0.2, 0.25) is 0 Å². The van der Waals surface area contributed by atoms with Crippen molar-refractivity contribution < 1.29 is 13.9 Å². The van der Waals surface area contributed by atoms with Crippen LogP contribution >= 0.6 is 0 Å². The summed E-state index contributed by atoms with van der Waals surface area (Å²) in [5, 5.41) is 20.8. The standard InChI is InChI=1S/C23H23N7O3/c1-12-5-18(26-7-14(12)6-24)22-29-28-21(33-22)10-30-8-19(27-20(25)9-30)15-3-4-16-17(13(15)2)11-32-23(16)31/h3-5,7,19-20,27H,8-11,25H2,1-2H3/t19-,20+/m0/s1. The Hall–Kier alpha value is -3.65. The van der Waals surface area contributed by atoms with E-state index in [4.69, 9.17) is 20.1 Å². The van der Waals surface area contributed by atoms with E-state index in [2.05, 4.69) is 31.5 Å². The van der Waals surface area contributed by atoms with E-state index in [1.807, 2.05) is 26.0 Å². The van der Waals surface area contributed by atoms with Crippen LogP contribution in [0.1, 0.15) is 50.1 Å². The van der Waals surface area contributed by atoms with E-state index in [1.54, 1.807) is 6.07 Å². The molecule has 4 heterocycles. The first-order chi connectivity index (χ1) is 15.9. The maximum absolute atomic E-state index is 11.9. The number of pyridine rings is 1. The second-order valence-corrected chi connectivity index (χ2v) is 8.40. The Morgan fingerprint density at radius 3 is 2.94 bits per heavy atom. The molecule has 1 saturated heterocycles. The molecule has 0 unspecified atom stereocenters. The van der Waals surface area contributed by atoms with E-state index in [0.29, 0.717) is 54.8 Å². The first kappa shape index (κ1) is 21.2. The lowest BCUT2D eigenvalue weighted by molar-refractivity contribution is 0.0535. The van der Waals surface area contributed by atoms with Crippen LogP contribution in [0, 0.1) is 25.2 Å². The van der Waals surface area contributed by atoms with Gasteiger partial charge in [0.15, 0.2) is 0 Å². The Labute approximate surface area is 190 Å². The topological polar surface area (TPSA) is 143 Å². The van der Waals surface area contributed by atoms with Crippen LogP contribution in [0.15, 0.2) is 28.8 Å². The zero-order valence-electron chi connectivity index (χ0n) is 18.3. The third-order valence-electron chi connectivity index (χ3n) is 6.17. The van der Waals surface area contributed by atoms with Gasteiger partial charge < -0.3 is 14.9 Å². The van der Waals surface area contributed by atoms with Crippen LogP contribution in [-0.2, 0) is 17.9 Å². The fourth-order valence-corrected chi connectivity index (χ4v) is 4.44. The van der Waals surface area contributed by atoms with Gasteiger partial charge in [0.2, 0.25) is 5.89 Å². The van der Waals surface area contributed by atoms with Crippen molar-refractivity contribution in [3.8, 4) is 17.7 Å². The molecular formula is C23H23N7O3. The number of nitrogens with zero attached hydrogens (tertiary/aromatic N) is 5.